The highest BCUT2D eigenvalue weighted by atomic mass is 16.5. The summed E-state index contributed by atoms with van der Waals surface area (Å²) in [5.41, 5.74) is 2.98. The highest BCUT2D eigenvalue weighted by Gasteiger charge is 2.36. The first-order valence-electron chi connectivity index (χ1n) is 9.73. The van der Waals surface area contributed by atoms with Gasteiger partial charge in [-0.15, -0.1) is 0 Å². The lowest BCUT2D eigenvalue weighted by Crippen LogP contribution is -2.39. The quantitative estimate of drug-likeness (QED) is 0.594. The van der Waals surface area contributed by atoms with Crippen molar-refractivity contribution in [1.82, 2.24) is 9.88 Å². The monoisotopic (exact) mass is 372 g/mol. The number of carbonyl (C=O) groups is 1. The lowest BCUT2D eigenvalue weighted by atomic mass is 10.1. The molecule has 0 radical (unpaired) electrons. The minimum absolute atomic E-state index is 0.00326. The first-order valence-corrected chi connectivity index (χ1v) is 9.73. The molecule has 0 spiro atoms. The standard InChI is InChI=1S/C24H24N2O2/c1-18(22-12-7-8-16-25-22)26(20-14-15-20)24(27)17-28-23-13-6-5-11-21(23)19-9-3-2-4-10-19/h2-13,16,18,20H,14-15,17H2,1H3/t18-/m0/s1. The Balaban J connectivity index is 1.49. The second-order valence-electron chi connectivity index (χ2n) is 7.11. The molecule has 4 rings (SSSR count). The summed E-state index contributed by atoms with van der Waals surface area (Å²) < 4.78 is 5.99. The maximum atomic E-state index is 13.0. The lowest BCUT2D eigenvalue weighted by Gasteiger charge is -2.29. The topological polar surface area (TPSA) is 42.4 Å². The van der Waals surface area contributed by atoms with Crippen LogP contribution in [0.3, 0.4) is 0 Å². The van der Waals surface area contributed by atoms with Crippen LogP contribution in [0.1, 0.15) is 31.5 Å². The highest BCUT2D eigenvalue weighted by Crippen LogP contribution is 2.34. The van der Waals surface area contributed by atoms with Crippen LogP contribution in [0.15, 0.2) is 79.0 Å². The third-order valence-electron chi connectivity index (χ3n) is 5.08. The fourth-order valence-corrected chi connectivity index (χ4v) is 3.52. The number of carbonyl (C=O) groups excluding carboxylic acids is 1. The van der Waals surface area contributed by atoms with E-state index in [0.717, 1.165) is 35.4 Å². The van der Waals surface area contributed by atoms with E-state index in [1.165, 1.54) is 0 Å². The molecule has 4 nitrogen and oxygen atoms in total. The predicted molar refractivity (Wildman–Crippen MR) is 110 cm³/mol. The summed E-state index contributed by atoms with van der Waals surface area (Å²) in [4.78, 5) is 19.4. The average molecular weight is 372 g/mol. The number of hydrogen-bond acceptors (Lipinski definition) is 3. The van der Waals surface area contributed by atoms with Crippen molar-refractivity contribution in [2.24, 2.45) is 0 Å². The van der Waals surface area contributed by atoms with Crippen LogP contribution in [-0.2, 0) is 4.79 Å². The van der Waals surface area contributed by atoms with Gasteiger partial charge in [-0.25, -0.2) is 0 Å². The molecule has 1 aliphatic carbocycles. The molecule has 142 valence electrons. The summed E-state index contributed by atoms with van der Waals surface area (Å²) >= 11 is 0. The SMILES string of the molecule is C[C@@H](c1ccccn1)N(C(=O)COc1ccccc1-c1ccccc1)C1CC1. The van der Waals surface area contributed by atoms with Crippen LogP contribution in [-0.4, -0.2) is 28.4 Å². The van der Waals surface area contributed by atoms with E-state index in [-0.39, 0.29) is 24.6 Å². The van der Waals surface area contributed by atoms with Crippen molar-refractivity contribution < 1.29 is 9.53 Å². The molecule has 0 saturated heterocycles. The van der Waals surface area contributed by atoms with Crippen LogP contribution < -0.4 is 4.74 Å². The van der Waals surface area contributed by atoms with Crippen molar-refractivity contribution in [3.63, 3.8) is 0 Å². The van der Waals surface area contributed by atoms with Gasteiger partial charge in [0.15, 0.2) is 6.61 Å². The molecule has 2 aromatic carbocycles. The second-order valence-corrected chi connectivity index (χ2v) is 7.11. The van der Waals surface area contributed by atoms with E-state index in [4.69, 9.17) is 4.74 Å². The molecule has 0 aliphatic heterocycles. The predicted octanol–water partition coefficient (Wildman–Crippen LogP) is 4.88. The van der Waals surface area contributed by atoms with E-state index in [0.29, 0.717) is 0 Å². The molecular weight excluding hydrogens is 348 g/mol. The first-order chi connectivity index (χ1) is 13.7. The molecule has 1 atom stereocenters. The van der Waals surface area contributed by atoms with Gasteiger partial charge >= 0.3 is 0 Å². The van der Waals surface area contributed by atoms with E-state index in [9.17, 15) is 4.79 Å². The Morgan fingerprint density at radius 2 is 1.75 bits per heavy atom. The summed E-state index contributed by atoms with van der Waals surface area (Å²) in [6.45, 7) is 2.06. The Labute approximate surface area is 165 Å². The van der Waals surface area contributed by atoms with Gasteiger partial charge in [-0.05, 0) is 43.5 Å². The van der Waals surface area contributed by atoms with Gasteiger partial charge in [-0.2, -0.15) is 0 Å². The number of amides is 1. The third kappa shape index (κ3) is 4.06. The minimum atomic E-state index is -0.0610. The number of benzene rings is 2. The fourth-order valence-electron chi connectivity index (χ4n) is 3.52. The van der Waals surface area contributed by atoms with Crippen molar-refractivity contribution in [2.45, 2.75) is 31.8 Å². The van der Waals surface area contributed by atoms with Gasteiger partial charge in [0.05, 0.1) is 11.7 Å². The first kappa shape index (κ1) is 18.2. The lowest BCUT2D eigenvalue weighted by molar-refractivity contribution is -0.136. The van der Waals surface area contributed by atoms with Gasteiger partial charge in [0, 0.05) is 17.8 Å². The van der Waals surface area contributed by atoms with Crippen LogP contribution in [0.2, 0.25) is 0 Å². The van der Waals surface area contributed by atoms with Crippen molar-refractivity contribution in [3.05, 3.63) is 84.7 Å². The van der Waals surface area contributed by atoms with Gasteiger partial charge in [0.25, 0.3) is 5.91 Å². The fraction of sp³-hybridized carbons (Fsp3) is 0.250. The summed E-state index contributed by atoms with van der Waals surface area (Å²) in [6.07, 6.45) is 3.86. The smallest absolute Gasteiger partial charge is 0.261 e. The van der Waals surface area contributed by atoms with Crippen molar-refractivity contribution in [1.29, 1.82) is 0 Å². The maximum Gasteiger partial charge on any atom is 0.261 e. The van der Waals surface area contributed by atoms with Crippen LogP contribution in [0.5, 0.6) is 5.75 Å². The van der Waals surface area contributed by atoms with Crippen LogP contribution in [0.25, 0.3) is 11.1 Å². The van der Waals surface area contributed by atoms with Crippen molar-refractivity contribution in [2.75, 3.05) is 6.61 Å². The Bertz CT molecular complexity index is 924. The Morgan fingerprint density at radius 1 is 1.04 bits per heavy atom. The minimum Gasteiger partial charge on any atom is -0.483 e. The molecule has 1 aromatic heterocycles. The number of aromatic nitrogens is 1. The number of hydrogen-bond donors (Lipinski definition) is 0. The van der Waals surface area contributed by atoms with E-state index >= 15 is 0 Å². The number of ether oxygens (including phenoxy) is 1. The van der Waals surface area contributed by atoms with Gasteiger partial charge < -0.3 is 9.64 Å². The zero-order chi connectivity index (χ0) is 19.3. The number of para-hydroxylation sites is 1. The largest absolute Gasteiger partial charge is 0.483 e. The van der Waals surface area contributed by atoms with Crippen LogP contribution in [0.4, 0.5) is 0 Å². The van der Waals surface area contributed by atoms with E-state index in [1.807, 2.05) is 84.6 Å². The Kier molecular flexibility index (Phi) is 5.38. The molecule has 28 heavy (non-hydrogen) atoms. The number of rotatable bonds is 7. The van der Waals surface area contributed by atoms with Gasteiger partial charge in [-0.1, -0.05) is 54.6 Å². The number of nitrogens with zero attached hydrogens (tertiary/aromatic N) is 2. The molecular formula is C24H24N2O2. The zero-order valence-electron chi connectivity index (χ0n) is 16.0. The summed E-state index contributed by atoms with van der Waals surface area (Å²) in [5.74, 6) is 0.729. The molecule has 1 fully saturated rings. The zero-order valence-corrected chi connectivity index (χ0v) is 16.0. The molecule has 1 aliphatic rings. The number of pyridine rings is 1. The summed E-state index contributed by atoms with van der Waals surface area (Å²) in [5, 5.41) is 0. The molecule has 3 aromatic rings. The van der Waals surface area contributed by atoms with Crippen LogP contribution in [0, 0.1) is 0 Å². The Morgan fingerprint density at radius 3 is 2.46 bits per heavy atom. The van der Waals surface area contributed by atoms with Crippen molar-refractivity contribution >= 4 is 5.91 Å². The Hall–Kier alpha value is -3.14. The van der Waals surface area contributed by atoms with Crippen LogP contribution >= 0.6 is 0 Å². The molecule has 1 saturated carbocycles. The second kappa shape index (κ2) is 8.26. The summed E-state index contributed by atoms with van der Waals surface area (Å²) in [6, 6.07) is 24.0. The van der Waals surface area contributed by atoms with Crippen molar-refractivity contribution in [3.8, 4) is 16.9 Å². The van der Waals surface area contributed by atoms with Gasteiger partial charge in [-0.3, -0.25) is 9.78 Å². The van der Waals surface area contributed by atoms with Gasteiger partial charge in [0.1, 0.15) is 5.75 Å². The molecule has 1 amide bonds. The average Bonchev–Trinajstić information content (AvgIpc) is 3.59. The van der Waals surface area contributed by atoms with E-state index < -0.39 is 0 Å². The highest BCUT2D eigenvalue weighted by molar-refractivity contribution is 5.79. The summed E-state index contributed by atoms with van der Waals surface area (Å²) in [7, 11) is 0. The third-order valence-corrected chi connectivity index (χ3v) is 5.08. The molecule has 0 N–H and O–H groups in total. The molecule has 0 bridgehead atoms. The van der Waals surface area contributed by atoms with E-state index in [2.05, 4.69) is 4.98 Å². The van der Waals surface area contributed by atoms with Gasteiger partial charge in [0.2, 0.25) is 0 Å². The molecule has 0 unspecified atom stereocenters. The molecule has 4 heteroatoms. The maximum absolute atomic E-state index is 13.0. The molecule has 1 heterocycles. The normalized spacial score (nSPS) is 14.3. The van der Waals surface area contributed by atoms with E-state index in [1.54, 1.807) is 6.20 Å².